The van der Waals surface area contributed by atoms with E-state index in [1.807, 2.05) is 0 Å². The zero-order chi connectivity index (χ0) is 8.74. The minimum Gasteiger partial charge on any atom is -0.377 e. The van der Waals surface area contributed by atoms with E-state index < -0.39 is 8.80 Å². The van der Waals surface area contributed by atoms with Gasteiger partial charge >= 0.3 is 8.80 Å². The molecule has 0 fully saturated rings. The fourth-order valence-electron chi connectivity index (χ4n) is 0.949. The van der Waals surface area contributed by atoms with Crippen LogP contribution in [0.1, 0.15) is 19.8 Å². The van der Waals surface area contributed by atoms with Crippen molar-refractivity contribution in [1.82, 2.24) is 6.15 Å². The van der Waals surface area contributed by atoms with Crippen LogP contribution >= 0.6 is 0 Å². The number of rotatable bonds is 6. The molecule has 0 rings (SSSR count). The van der Waals surface area contributed by atoms with E-state index in [1.165, 1.54) is 0 Å². The van der Waals surface area contributed by atoms with E-state index in [1.54, 1.807) is 21.3 Å². The van der Waals surface area contributed by atoms with Gasteiger partial charge in [0.25, 0.3) is 0 Å². The molecule has 3 N–H and O–H groups in total. The molecule has 76 valence electrons. The van der Waals surface area contributed by atoms with E-state index in [0.717, 1.165) is 18.9 Å². The quantitative estimate of drug-likeness (QED) is 0.657. The van der Waals surface area contributed by atoms with Gasteiger partial charge in [-0.2, -0.15) is 0 Å². The maximum atomic E-state index is 5.23. The second kappa shape index (κ2) is 7.69. The minimum atomic E-state index is -2.24. The minimum absolute atomic E-state index is 0. The van der Waals surface area contributed by atoms with Crippen LogP contribution in [0, 0.1) is 0 Å². The highest BCUT2D eigenvalue weighted by molar-refractivity contribution is 6.60. The van der Waals surface area contributed by atoms with Crippen molar-refractivity contribution in [3.63, 3.8) is 0 Å². The molecule has 0 aromatic heterocycles. The Labute approximate surface area is 76.2 Å². The molecule has 0 saturated heterocycles. The van der Waals surface area contributed by atoms with Crippen molar-refractivity contribution in [2.45, 2.75) is 25.8 Å². The Kier molecular flexibility index (Phi) is 9.34. The normalized spacial score (nSPS) is 11.0. The van der Waals surface area contributed by atoms with Crippen LogP contribution in [0.4, 0.5) is 0 Å². The highest BCUT2D eigenvalue weighted by atomic mass is 28.4. The fourth-order valence-corrected chi connectivity index (χ4v) is 2.85. The third-order valence-electron chi connectivity index (χ3n) is 1.77. The van der Waals surface area contributed by atoms with Crippen molar-refractivity contribution in [1.29, 1.82) is 0 Å². The summed E-state index contributed by atoms with van der Waals surface area (Å²) in [5.74, 6) is 0. The summed E-state index contributed by atoms with van der Waals surface area (Å²) < 4.78 is 15.7. The molecule has 0 amide bonds. The summed E-state index contributed by atoms with van der Waals surface area (Å²) in [7, 11) is 2.70. The van der Waals surface area contributed by atoms with Gasteiger partial charge in [0.15, 0.2) is 0 Å². The second-order valence-electron chi connectivity index (χ2n) is 2.40. The van der Waals surface area contributed by atoms with Crippen LogP contribution in [0.2, 0.25) is 6.04 Å². The van der Waals surface area contributed by atoms with Gasteiger partial charge in [-0.3, -0.25) is 0 Å². The molecule has 0 heterocycles. The lowest BCUT2D eigenvalue weighted by molar-refractivity contribution is 0.123. The molecule has 0 aliphatic heterocycles. The van der Waals surface area contributed by atoms with E-state index in [9.17, 15) is 0 Å². The van der Waals surface area contributed by atoms with Gasteiger partial charge in [-0.15, -0.1) is 0 Å². The molecular formula is C7H21NO3Si. The van der Waals surface area contributed by atoms with Gasteiger partial charge in [-0.05, 0) is 6.42 Å². The number of hydrogen-bond acceptors (Lipinski definition) is 4. The van der Waals surface area contributed by atoms with Gasteiger partial charge in [-0.1, -0.05) is 13.3 Å². The summed E-state index contributed by atoms with van der Waals surface area (Å²) in [4.78, 5) is 0. The predicted molar refractivity (Wildman–Crippen MR) is 51.5 cm³/mol. The Morgan fingerprint density at radius 3 is 1.67 bits per heavy atom. The summed E-state index contributed by atoms with van der Waals surface area (Å²) in [6.07, 6.45) is 2.24. The third-order valence-corrected chi connectivity index (χ3v) is 4.60. The molecule has 0 atom stereocenters. The van der Waals surface area contributed by atoms with Crippen LogP contribution in [0.15, 0.2) is 0 Å². The lowest BCUT2D eigenvalue weighted by atomic mass is 10.4. The summed E-state index contributed by atoms with van der Waals surface area (Å²) in [6, 6.07) is 0.910. The largest absolute Gasteiger partial charge is 0.500 e. The van der Waals surface area contributed by atoms with Gasteiger partial charge in [-0.25, -0.2) is 0 Å². The Hall–Kier alpha value is 0.0569. The highest BCUT2D eigenvalue weighted by Gasteiger charge is 2.36. The van der Waals surface area contributed by atoms with Gasteiger partial charge in [0.1, 0.15) is 0 Å². The predicted octanol–water partition coefficient (Wildman–Crippen LogP) is 1.83. The van der Waals surface area contributed by atoms with Crippen molar-refractivity contribution in [2.24, 2.45) is 0 Å². The Morgan fingerprint density at radius 1 is 1.00 bits per heavy atom. The average molecular weight is 195 g/mol. The molecule has 0 aromatic carbocycles. The van der Waals surface area contributed by atoms with E-state index >= 15 is 0 Å². The van der Waals surface area contributed by atoms with Crippen LogP contribution < -0.4 is 6.15 Å². The molecule has 0 aliphatic rings. The second-order valence-corrected chi connectivity index (χ2v) is 5.49. The molecule has 0 saturated carbocycles. The maximum absolute atomic E-state index is 5.23. The monoisotopic (exact) mass is 195 g/mol. The molecule has 0 spiro atoms. The lowest BCUT2D eigenvalue weighted by Gasteiger charge is -2.23. The van der Waals surface area contributed by atoms with E-state index in [-0.39, 0.29) is 6.15 Å². The molecule has 0 aromatic rings. The first-order valence-electron chi connectivity index (χ1n) is 3.90. The topological polar surface area (TPSA) is 62.7 Å². The van der Waals surface area contributed by atoms with Gasteiger partial charge in [0.2, 0.25) is 0 Å². The molecule has 0 bridgehead atoms. The van der Waals surface area contributed by atoms with Crippen molar-refractivity contribution in [3.8, 4) is 0 Å². The zero-order valence-corrected chi connectivity index (χ0v) is 9.55. The summed E-state index contributed by atoms with van der Waals surface area (Å²) >= 11 is 0. The third kappa shape index (κ3) is 4.17. The van der Waals surface area contributed by atoms with Crippen molar-refractivity contribution >= 4 is 8.80 Å². The van der Waals surface area contributed by atoms with Gasteiger partial charge in [0.05, 0.1) is 0 Å². The first-order valence-corrected chi connectivity index (χ1v) is 5.83. The summed E-state index contributed by atoms with van der Waals surface area (Å²) in [5.41, 5.74) is 0. The van der Waals surface area contributed by atoms with Crippen molar-refractivity contribution < 1.29 is 13.3 Å². The van der Waals surface area contributed by atoms with Crippen molar-refractivity contribution in [3.05, 3.63) is 0 Å². The van der Waals surface area contributed by atoms with Crippen molar-refractivity contribution in [2.75, 3.05) is 21.3 Å². The SMILES string of the molecule is CCCC[Si](OC)(OC)OC.N. The standard InChI is InChI=1S/C7H18O3Si.H3N/c1-5-6-7-11(8-2,9-3)10-4;/h5-7H2,1-4H3;1H3. The van der Waals surface area contributed by atoms with E-state index in [4.69, 9.17) is 13.3 Å². The Morgan fingerprint density at radius 2 is 1.42 bits per heavy atom. The average Bonchev–Trinajstić information content (AvgIpc) is 2.08. The lowest BCUT2D eigenvalue weighted by Crippen LogP contribution is -2.42. The van der Waals surface area contributed by atoms with Crippen LogP contribution in [-0.2, 0) is 13.3 Å². The van der Waals surface area contributed by atoms with E-state index in [0.29, 0.717) is 0 Å². The maximum Gasteiger partial charge on any atom is 0.500 e. The first kappa shape index (κ1) is 14.6. The smallest absolute Gasteiger partial charge is 0.377 e. The highest BCUT2D eigenvalue weighted by Crippen LogP contribution is 2.15. The Bertz CT molecular complexity index is 90.4. The summed E-state index contributed by atoms with van der Waals surface area (Å²) in [5, 5.41) is 0. The Balaban J connectivity index is 0. The zero-order valence-electron chi connectivity index (χ0n) is 8.55. The van der Waals surface area contributed by atoms with Crippen LogP contribution in [-0.4, -0.2) is 30.1 Å². The van der Waals surface area contributed by atoms with Crippen LogP contribution in [0.25, 0.3) is 0 Å². The van der Waals surface area contributed by atoms with E-state index in [2.05, 4.69) is 6.92 Å². The fraction of sp³-hybridized carbons (Fsp3) is 1.00. The van der Waals surface area contributed by atoms with Gasteiger partial charge < -0.3 is 19.4 Å². The van der Waals surface area contributed by atoms with Crippen LogP contribution in [0.3, 0.4) is 0 Å². The van der Waals surface area contributed by atoms with Gasteiger partial charge in [0, 0.05) is 27.4 Å². The summed E-state index contributed by atoms with van der Waals surface area (Å²) in [6.45, 7) is 2.14. The molecular weight excluding hydrogens is 174 g/mol. The molecule has 0 unspecified atom stereocenters. The molecule has 12 heavy (non-hydrogen) atoms. The molecule has 0 radical (unpaired) electrons. The first-order chi connectivity index (χ1) is 5.24. The number of hydrogen-bond donors (Lipinski definition) is 1. The molecule has 5 heteroatoms. The van der Waals surface area contributed by atoms with Crippen LogP contribution in [0.5, 0.6) is 0 Å². The molecule has 0 aliphatic carbocycles. The molecule has 4 nitrogen and oxygen atoms in total. The number of unbranched alkanes of at least 4 members (excludes halogenated alkanes) is 1.